The van der Waals surface area contributed by atoms with Gasteiger partial charge in [-0.3, -0.25) is 14.6 Å². The number of nitrogens with zero attached hydrogens (tertiary/aromatic N) is 2. The Kier molecular flexibility index (Phi) is 8.49. The second kappa shape index (κ2) is 10.9. The van der Waals surface area contributed by atoms with Gasteiger partial charge in [0, 0.05) is 23.9 Å². The Labute approximate surface area is 165 Å². The van der Waals surface area contributed by atoms with Gasteiger partial charge in [-0.1, -0.05) is 11.3 Å². The SMILES string of the molecule is C=Nc1cc2nc(NCCC(=O)OC)sc2cc1SCNCCC(=O)OC. The monoisotopic (exact) mass is 410 g/mol. The molecule has 2 rings (SSSR count). The van der Waals surface area contributed by atoms with E-state index in [4.69, 9.17) is 0 Å². The molecule has 0 radical (unpaired) electrons. The lowest BCUT2D eigenvalue weighted by Gasteiger charge is -2.06. The number of carbonyl (C=O) groups excluding carboxylic acids is 2. The number of nitrogens with one attached hydrogen (secondary N) is 2. The fraction of sp³-hybridized carbons (Fsp3) is 0.412. The van der Waals surface area contributed by atoms with Crippen molar-refractivity contribution in [3.8, 4) is 0 Å². The Bertz CT molecular complexity index is 810. The molecule has 0 aliphatic rings. The third-order valence-electron chi connectivity index (χ3n) is 3.54. The van der Waals surface area contributed by atoms with Gasteiger partial charge in [0.1, 0.15) is 0 Å². The summed E-state index contributed by atoms with van der Waals surface area (Å²) in [6.07, 6.45) is 0.613. The maximum atomic E-state index is 11.2. The molecule has 146 valence electrons. The smallest absolute Gasteiger partial charge is 0.307 e. The minimum Gasteiger partial charge on any atom is -0.469 e. The number of carbonyl (C=O) groups is 2. The largest absolute Gasteiger partial charge is 0.469 e. The molecule has 27 heavy (non-hydrogen) atoms. The van der Waals surface area contributed by atoms with Crippen LogP contribution >= 0.6 is 23.1 Å². The van der Waals surface area contributed by atoms with Crippen molar-refractivity contribution in [1.82, 2.24) is 10.3 Å². The third kappa shape index (κ3) is 6.49. The van der Waals surface area contributed by atoms with Crippen LogP contribution in [0.25, 0.3) is 10.2 Å². The molecule has 10 heteroatoms. The van der Waals surface area contributed by atoms with Crippen LogP contribution in [0.2, 0.25) is 0 Å². The second-order valence-electron chi connectivity index (χ2n) is 5.33. The van der Waals surface area contributed by atoms with Crippen molar-refractivity contribution in [2.75, 3.05) is 38.5 Å². The standard InChI is InChI=1S/C17H22N4O4S2/c1-18-11-8-12-14(27-17(21-12)20-7-5-16(23)25-3)9-13(11)26-10-19-6-4-15(22)24-2/h8-9,19H,1,4-7,10H2,2-3H3,(H,20,21). The highest BCUT2D eigenvalue weighted by atomic mass is 32.2. The number of ether oxygens (including phenoxy) is 2. The molecule has 0 spiro atoms. The van der Waals surface area contributed by atoms with E-state index in [1.54, 1.807) is 11.8 Å². The summed E-state index contributed by atoms with van der Waals surface area (Å²) in [5, 5.41) is 7.05. The lowest BCUT2D eigenvalue weighted by Crippen LogP contribution is -2.18. The highest BCUT2D eigenvalue weighted by molar-refractivity contribution is 7.99. The summed E-state index contributed by atoms with van der Waals surface area (Å²) >= 11 is 3.09. The average Bonchev–Trinajstić information content (AvgIpc) is 3.07. The third-order valence-corrected chi connectivity index (χ3v) is 5.50. The van der Waals surface area contributed by atoms with Gasteiger partial charge in [-0.25, -0.2) is 4.98 Å². The fourth-order valence-corrected chi connectivity index (χ4v) is 3.99. The minimum atomic E-state index is -0.264. The molecule has 2 N–H and O–H groups in total. The van der Waals surface area contributed by atoms with Crippen LogP contribution in [-0.2, 0) is 19.1 Å². The minimum absolute atomic E-state index is 0.237. The van der Waals surface area contributed by atoms with E-state index in [2.05, 4.69) is 36.8 Å². The first-order valence-electron chi connectivity index (χ1n) is 8.19. The molecule has 0 aliphatic heterocycles. The number of aliphatic imine (C=N–C) groups is 1. The van der Waals surface area contributed by atoms with Crippen LogP contribution in [0.5, 0.6) is 0 Å². The van der Waals surface area contributed by atoms with E-state index in [0.29, 0.717) is 25.4 Å². The Balaban J connectivity index is 1.97. The van der Waals surface area contributed by atoms with Crippen molar-refractivity contribution in [3.63, 3.8) is 0 Å². The number of thiazole rings is 1. The van der Waals surface area contributed by atoms with E-state index in [1.807, 2.05) is 12.1 Å². The summed E-state index contributed by atoms with van der Waals surface area (Å²) < 4.78 is 10.2. The van der Waals surface area contributed by atoms with Gasteiger partial charge in [0.15, 0.2) is 5.13 Å². The Morgan fingerprint density at radius 3 is 2.59 bits per heavy atom. The number of fused-ring (bicyclic) bond motifs is 1. The Hall–Kier alpha value is -2.17. The number of anilines is 1. The quantitative estimate of drug-likeness (QED) is 0.192. The van der Waals surface area contributed by atoms with Crippen molar-refractivity contribution >= 4 is 62.8 Å². The highest BCUT2D eigenvalue weighted by Crippen LogP contribution is 2.36. The molecule has 2 aromatic rings. The van der Waals surface area contributed by atoms with Crippen LogP contribution in [0.1, 0.15) is 12.8 Å². The first kappa shape index (κ1) is 21.1. The number of hydrogen-bond acceptors (Lipinski definition) is 10. The van der Waals surface area contributed by atoms with E-state index < -0.39 is 0 Å². The zero-order valence-electron chi connectivity index (χ0n) is 15.2. The number of thioether (sulfide) groups is 1. The van der Waals surface area contributed by atoms with Gasteiger partial charge < -0.3 is 20.1 Å². The molecular formula is C17H22N4O4S2. The van der Waals surface area contributed by atoms with Gasteiger partial charge >= 0.3 is 11.9 Å². The van der Waals surface area contributed by atoms with Crippen molar-refractivity contribution < 1.29 is 19.1 Å². The molecule has 0 bridgehead atoms. The van der Waals surface area contributed by atoms with Crippen LogP contribution < -0.4 is 10.6 Å². The summed E-state index contributed by atoms with van der Waals surface area (Å²) in [5.74, 6) is 0.132. The molecule has 1 aromatic heterocycles. The van der Waals surface area contributed by atoms with Crippen molar-refractivity contribution in [2.45, 2.75) is 17.7 Å². The van der Waals surface area contributed by atoms with Crippen LogP contribution in [0.4, 0.5) is 10.8 Å². The second-order valence-corrected chi connectivity index (χ2v) is 7.38. The summed E-state index contributed by atoms with van der Waals surface area (Å²) in [5.41, 5.74) is 1.58. The van der Waals surface area contributed by atoms with Crippen LogP contribution in [-0.4, -0.2) is 56.8 Å². The Morgan fingerprint density at radius 1 is 1.22 bits per heavy atom. The van der Waals surface area contributed by atoms with Gasteiger partial charge in [0.25, 0.3) is 0 Å². The lowest BCUT2D eigenvalue weighted by molar-refractivity contribution is -0.141. The first-order valence-corrected chi connectivity index (χ1v) is 10.00. The molecule has 1 heterocycles. The molecule has 0 atom stereocenters. The van der Waals surface area contributed by atoms with E-state index in [-0.39, 0.29) is 18.4 Å². The first-order chi connectivity index (χ1) is 13.1. The van der Waals surface area contributed by atoms with Crippen LogP contribution in [0.3, 0.4) is 0 Å². The summed E-state index contributed by atoms with van der Waals surface area (Å²) in [4.78, 5) is 31.8. The maximum absolute atomic E-state index is 11.2. The van der Waals surface area contributed by atoms with Crippen molar-refractivity contribution in [1.29, 1.82) is 0 Å². The lowest BCUT2D eigenvalue weighted by atomic mass is 10.3. The zero-order chi connectivity index (χ0) is 19.6. The predicted octanol–water partition coefficient (Wildman–Crippen LogP) is 2.81. The molecule has 0 fully saturated rings. The molecule has 1 aromatic carbocycles. The number of rotatable bonds is 11. The molecule has 8 nitrogen and oxygen atoms in total. The summed E-state index contributed by atoms with van der Waals surface area (Å²) in [7, 11) is 2.75. The number of benzene rings is 1. The molecule has 0 amide bonds. The number of esters is 2. The van der Waals surface area contributed by atoms with Gasteiger partial charge in [-0.05, 0) is 18.9 Å². The number of aromatic nitrogens is 1. The summed E-state index contributed by atoms with van der Waals surface area (Å²) in [6, 6.07) is 3.91. The van der Waals surface area contributed by atoms with E-state index in [1.165, 1.54) is 25.6 Å². The van der Waals surface area contributed by atoms with Crippen molar-refractivity contribution in [2.24, 2.45) is 4.99 Å². The Morgan fingerprint density at radius 2 is 1.93 bits per heavy atom. The van der Waals surface area contributed by atoms with Gasteiger partial charge in [0.05, 0.1) is 43.0 Å². The normalized spacial score (nSPS) is 10.6. The number of methoxy groups -OCH3 is 2. The zero-order valence-corrected chi connectivity index (χ0v) is 16.9. The molecular weight excluding hydrogens is 388 g/mol. The fourth-order valence-electron chi connectivity index (χ4n) is 2.13. The molecule has 0 aliphatic carbocycles. The highest BCUT2D eigenvalue weighted by Gasteiger charge is 2.10. The van der Waals surface area contributed by atoms with Gasteiger partial charge in [-0.2, -0.15) is 0 Å². The maximum Gasteiger partial charge on any atom is 0.307 e. The van der Waals surface area contributed by atoms with Gasteiger partial charge in [0.2, 0.25) is 0 Å². The van der Waals surface area contributed by atoms with Gasteiger partial charge in [-0.15, -0.1) is 11.8 Å². The molecule has 0 saturated carbocycles. The van der Waals surface area contributed by atoms with Crippen LogP contribution in [0.15, 0.2) is 22.0 Å². The van der Waals surface area contributed by atoms with E-state index in [9.17, 15) is 9.59 Å². The van der Waals surface area contributed by atoms with Crippen LogP contribution in [0, 0.1) is 0 Å². The topological polar surface area (TPSA) is 102 Å². The van der Waals surface area contributed by atoms with E-state index in [0.717, 1.165) is 25.9 Å². The van der Waals surface area contributed by atoms with Crippen molar-refractivity contribution in [3.05, 3.63) is 12.1 Å². The van der Waals surface area contributed by atoms with E-state index >= 15 is 0 Å². The molecule has 0 unspecified atom stereocenters. The number of hydrogen-bond donors (Lipinski definition) is 2. The predicted molar refractivity (Wildman–Crippen MR) is 109 cm³/mol. The molecule has 0 saturated heterocycles. The summed E-state index contributed by atoms with van der Waals surface area (Å²) in [6.45, 7) is 4.64. The average molecular weight is 411 g/mol.